The van der Waals surface area contributed by atoms with Crippen LogP contribution in [0.4, 0.5) is 5.82 Å². The van der Waals surface area contributed by atoms with Gasteiger partial charge >= 0.3 is 0 Å². The van der Waals surface area contributed by atoms with Crippen LogP contribution < -0.4 is 5.32 Å². The third-order valence-electron chi connectivity index (χ3n) is 4.39. The molecule has 0 bridgehead atoms. The fourth-order valence-electron chi connectivity index (χ4n) is 2.92. The van der Waals surface area contributed by atoms with E-state index in [4.69, 9.17) is 4.74 Å². The zero-order valence-electron chi connectivity index (χ0n) is 15.1. The van der Waals surface area contributed by atoms with Crippen molar-refractivity contribution < 1.29 is 9.53 Å². The van der Waals surface area contributed by atoms with Gasteiger partial charge in [-0.1, -0.05) is 30.3 Å². The summed E-state index contributed by atoms with van der Waals surface area (Å²) in [4.78, 5) is 25.3. The average molecular weight is 355 g/mol. The van der Waals surface area contributed by atoms with Crippen molar-refractivity contribution in [2.24, 2.45) is 0 Å². The molecule has 7 nitrogen and oxygen atoms in total. The number of piperazine rings is 1. The second kappa shape index (κ2) is 9.26. The van der Waals surface area contributed by atoms with Crippen molar-refractivity contribution in [2.45, 2.75) is 6.54 Å². The van der Waals surface area contributed by atoms with Crippen LogP contribution in [-0.4, -0.2) is 72.1 Å². The minimum Gasteiger partial charge on any atom is -0.383 e. The second-order valence-electron chi connectivity index (χ2n) is 6.26. The minimum atomic E-state index is -0.0553. The molecule has 1 aromatic heterocycles. The van der Waals surface area contributed by atoms with Gasteiger partial charge in [0.2, 0.25) is 0 Å². The SMILES string of the molecule is COCCNc1cnc(C(=O)N2CCN(Cc3ccccc3)CC2)cn1. The lowest BCUT2D eigenvalue weighted by atomic mass is 10.2. The van der Waals surface area contributed by atoms with Crippen LogP contribution >= 0.6 is 0 Å². The Balaban J connectivity index is 1.48. The van der Waals surface area contributed by atoms with Crippen molar-refractivity contribution in [3.05, 3.63) is 54.0 Å². The van der Waals surface area contributed by atoms with Crippen LogP contribution in [0, 0.1) is 0 Å². The molecular formula is C19H25N5O2. The Hall–Kier alpha value is -2.51. The van der Waals surface area contributed by atoms with Crippen molar-refractivity contribution >= 4 is 11.7 Å². The number of aromatic nitrogens is 2. The molecule has 1 saturated heterocycles. The molecule has 0 aliphatic carbocycles. The van der Waals surface area contributed by atoms with Gasteiger partial charge in [-0.2, -0.15) is 0 Å². The first-order valence-corrected chi connectivity index (χ1v) is 8.86. The Labute approximate surface area is 154 Å². The molecule has 2 heterocycles. The van der Waals surface area contributed by atoms with Crippen molar-refractivity contribution in [1.29, 1.82) is 0 Å². The number of anilines is 1. The summed E-state index contributed by atoms with van der Waals surface area (Å²) < 4.78 is 4.98. The van der Waals surface area contributed by atoms with Gasteiger partial charge in [0.15, 0.2) is 0 Å². The van der Waals surface area contributed by atoms with E-state index >= 15 is 0 Å². The van der Waals surface area contributed by atoms with E-state index in [1.165, 1.54) is 11.8 Å². The molecule has 1 fully saturated rings. The zero-order chi connectivity index (χ0) is 18.2. The lowest BCUT2D eigenvalue weighted by molar-refractivity contribution is 0.0622. The van der Waals surface area contributed by atoms with Crippen molar-refractivity contribution in [3.8, 4) is 0 Å². The molecule has 0 radical (unpaired) electrons. The summed E-state index contributed by atoms with van der Waals surface area (Å²) >= 11 is 0. The highest BCUT2D eigenvalue weighted by Crippen LogP contribution is 2.11. The number of methoxy groups -OCH3 is 1. The molecular weight excluding hydrogens is 330 g/mol. The highest BCUT2D eigenvalue weighted by molar-refractivity contribution is 5.92. The van der Waals surface area contributed by atoms with E-state index in [1.807, 2.05) is 11.0 Å². The van der Waals surface area contributed by atoms with E-state index < -0.39 is 0 Å². The smallest absolute Gasteiger partial charge is 0.274 e. The monoisotopic (exact) mass is 355 g/mol. The lowest BCUT2D eigenvalue weighted by Crippen LogP contribution is -2.48. The topological polar surface area (TPSA) is 70.6 Å². The van der Waals surface area contributed by atoms with Crippen molar-refractivity contribution in [1.82, 2.24) is 19.8 Å². The van der Waals surface area contributed by atoms with Crippen LogP contribution in [-0.2, 0) is 11.3 Å². The first-order valence-electron chi connectivity index (χ1n) is 8.86. The number of hydrogen-bond acceptors (Lipinski definition) is 6. The van der Waals surface area contributed by atoms with Gasteiger partial charge in [-0.15, -0.1) is 0 Å². The van der Waals surface area contributed by atoms with Gasteiger partial charge in [-0.3, -0.25) is 9.69 Å². The lowest BCUT2D eigenvalue weighted by Gasteiger charge is -2.34. The Kier molecular flexibility index (Phi) is 6.51. The molecule has 1 aliphatic rings. The predicted octanol–water partition coefficient (Wildman–Crippen LogP) is 1.49. The number of rotatable bonds is 7. The molecule has 2 aromatic rings. The first kappa shape index (κ1) is 18.3. The van der Waals surface area contributed by atoms with E-state index in [1.54, 1.807) is 13.3 Å². The fraction of sp³-hybridized carbons (Fsp3) is 0.421. The predicted molar refractivity (Wildman–Crippen MR) is 100 cm³/mol. The Morgan fingerprint density at radius 3 is 2.54 bits per heavy atom. The Morgan fingerprint density at radius 1 is 1.12 bits per heavy atom. The molecule has 1 aromatic carbocycles. The third kappa shape index (κ3) is 5.00. The van der Waals surface area contributed by atoms with Crippen LogP contribution in [0.15, 0.2) is 42.7 Å². The van der Waals surface area contributed by atoms with Crippen molar-refractivity contribution in [3.63, 3.8) is 0 Å². The number of hydrogen-bond donors (Lipinski definition) is 1. The van der Waals surface area contributed by atoms with Gasteiger partial charge in [0.25, 0.3) is 5.91 Å². The standard InChI is InChI=1S/C19H25N5O2/c1-26-12-7-20-18-14-21-17(13-22-18)19(25)24-10-8-23(9-11-24)15-16-5-3-2-4-6-16/h2-6,13-14H,7-12,15H2,1H3,(H,20,22). The highest BCUT2D eigenvalue weighted by Gasteiger charge is 2.23. The molecule has 7 heteroatoms. The van der Waals surface area contributed by atoms with Gasteiger partial charge in [-0.05, 0) is 5.56 Å². The molecule has 0 atom stereocenters. The van der Waals surface area contributed by atoms with E-state index in [0.29, 0.717) is 37.8 Å². The first-order chi connectivity index (χ1) is 12.8. The van der Waals surface area contributed by atoms with Crippen LogP contribution in [0.3, 0.4) is 0 Å². The summed E-state index contributed by atoms with van der Waals surface area (Å²) in [6.45, 7) is 5.32. The summed E-state index contributed by atoms with van der Waals surface area (Å²) in [5.41, 5.74) is 1.69. The molecule has 3 rings (SSSR count). The van der Waals surface area contributed by atoms with Gasteiger partial charge in [-0.25, -0.2) is 9.97 Å². The molecule has 1 aliphatic heterocycles. The molecule has 1 N–H and O–H groups in total. The summed E-state index contributed by atoms with van der Waals surface area (Å²) in [5, 5.41) is 3.09. The van der Waals surface area contributed by atoms with E-state index in [9.17, 15) is 4.79 Å². The summed E-state index contributed by atoms with van der Waals surface area (Å²) in [7, 11) is 1.65. The number of nitrogens with one attached hydrogen (secondary N) is 1. The number of ether oxygens (including phenoxy) is 1. The molecule has 138 valence electrons. The van der Waals surface area contributed by atoms with Crippen molar-refractivity contribution in [2.75, 3.05) is 51.8 Å². The number of carbonyl (C=O) groups excluding carboxylic acids is 1. The Morgan fingerprint density at radius 2 is 1.88 bits per heavy atom. The number of benzene rings is 1. The van der Waals surface area contributed by atoms with Gasteiger partial charge in [0.1, 0.15) is 11.5 Å². The van der Waals surface area contributed by atoms with Crippen LogP contribution in [0.1, 0.15) is 16.1 Å². The molecule has 0 unspecified atom stereocenters. The maximum absolute atomic E-state index is 12.6. The Bertz CT molecular complexity index is 685. The largest absolute Gasteiger partial charge is 0.383 e. The number of amides is 1. The molecule has 26 heavy (non-hydrogen) atoms. The number of nitrogens with zero attached hydrogens (tertiary/aromatic N) is 4. The van der Waals surface area contributed by atoms with E-state index in [0.717, 1.165) is 19.6 Å². The summed E-state index contributed by atoms with van der Waals surface area (Å²) in [6, 6.07) is 10.4. The normalized spacial score (nSPS) is 15.0. The third-order valence-corrected chi connectivity index (χ3v) is 4.39. The molecule has 0 saturated carbocycles. The second-order valence-corrected chi connectivity index (χ2v) is 6.26. The molecule has 0 spiro atoms. The summed E-state index contributed by atoms with van der Waals surface area (Å²) in [6.07, 6.45) is 3.13. The fourth-order valence-corrected chi connectivity index (χ4v) is 2.92. The maximum Gasteiger partial charge on any atom is 0.274 e. The summed E-state index contributed by atoms with van der Waals surface area (Å²) in [5.74, 6) is 0.589. The quantitative estimate of drug-likeness (QED) is 0.759. The van der Waals surface area contributed by atoms with Gasteiger partial charge in [0.05, 0.1) is 19.0 Å². The number of carbonyl (C=O) groups is 1. The maximum atomic E-state index is 12.6. The molecule has 1 amide bonds. The average Bonchev–Trinajstić information content (AvgIpc) is 2.70. The van der Waals surface area contributed by atoms with E-state index in [-0.39, 0.29) is 5.91 Å². The van der Waals surface area contributed by atoms with Gasteiger partial charge in [0, 0.05) is 46.4 Å². The zero-order valence-corrected chi connectivity index (χ0v) is 15.1. The van der Waals surface area contributed by atoms with E-state index in [2.05, 4.69) is 44.5 Å². The van der Waals surface area contributed by atoms with Crippen LogP contribution in [0.5, 0.6) is 0 Å². The van der Waals surface area contributed by atoms with Crippen LogP contribution in [0.25, 0.3) is 0 Å². The van der Waals surface area contributed by atoms with Crippen LogP contribution in [0.2, 0.25) is 0 Å². The highest BCUT2D eigenvalue weighted by atomic mass is 16.5. The minimum absolute atomic E-state index is 0.0553. The van der Waals surface area contributed by atoms with Gasteiger partial charge < -0.3 is 15.0 Å².